The van der Waals surface area contributed by atoms with Crippen molar-refractivity contribution in [2.75, 3.05) is 6.54 Å². The number of allylic oxidation sites excluding steroid dienone is 3. The van der Waals surface area contributed by atoms with Crippen LogP contribution in [-0.2, 0) is 25.6 Å². The van der Waals surface area contributed by atoms with Crippen LogP contribution in [0.15, 0.2) is 54.3 Å². The minimum absolute atomic E-state index is 0.201. The Morgan fingerprint density at radius 2 is 1.93 bits per heavy atom. The molecule has 30 heavy (non-hydrogen) atoms. The van der Waals surface area contributed by atoms with Crippen LogP contribution in [-0.4, -0.2) is 50.7 Å². The van der Waals surface area contributed by atoms with E-state index in [1.54, 1.807) is 12.2 Å². The monoisotopic (exact) mass is 430 g/mol. The molecule has 0 saturated heterocycles. The molecule has 2 atom stereocenters. The highest BCUT2D eigenvalue weighted by molar-refractivity contribution is 8.14. The van der Waals surface area contributed by atoms with Gasteiger partial charge in [0.2, 0.25) is 5.91 Å². The molecule has 0 fully saturated rings. The maximum Gasteiger partial charge on any atom is 0.323 e. The number of rotatable bonds is 9. The Morgan fingerprint density at radius 1 is 1.23 bits per heavy atom. The van der Waals surface area contributed by atoms with Crippen LogP contribution in [0.1, 0.15) is 32.3 Å². The molecule has 2 N–H and O–H groups in total. The molecule has 1 aliphatic heterocycles. The van der Waals surface area contributed by atoms with E-state index in [4.69, 9.17) is 0 Å². The fraction of sp³-hybridized carbons (Fsp3) is 0.364. The minimum Gasteiger partial charge on any atom is -0.480 e. The molecular formula is C22H26N2O5S. The summed E-state index contributed by atoms with van der Waals surface area (Å²) in [6.45, 7) is 2.85. The molecule has 2 unspecified atom stereocenters. The fourth-order valence-corrected chi connectivity index (χ4v) is 3.97. The van der Waals surface area contributed by atoms with Gasteiger partial charge in [0.05, 0.1) is 5.25 Å². The van der Waals surface area contributed by atoms with Crippen molar-refractivity contribution in [3.8, 4) is 0 Å². The van der Waals surface area contributed by atoms with Crippen molar-refractivity contribution in [2.24, 2.45) is 0 Å². The summed E-state index contributed by atoms with van der Waals surface area (Å²) in [7, 11) is 0. The first-order valence-corrected chi connectivity index (χ1v) is 10.6. The number of aliphatic carboxylic acids is 1. The third kappa shape index (κ3) is 6.88. The van der Waals surface area contributed by atoms with E-state index in [1.807, 2.05) is 37.3 Å². The quantitative estimate of drug-likeness (QED) is 0.624. The minimum atomic E-state index is -1.13. The smallest absolute Gasteiger partial charge is 0.323 e. The van der Waals surface area contributed by atoms with E-state index in [2.05, 4.69) is 5.32 Å². The lowest BCUT2D eigenvalue weighted by molar-refractivity contribution is -0.143. The second-order valence-corrected chi connectivity index (χ2v) is 8.26. The van der Waals surface area contributed by atoms with Gasteiger partial charge in [0.25, 0.3) is 5.91 Å². The van der Waals surface area contributed by atoms with Gasteiger partial charge in [-0.1, -0.05) is 67.6 Å². The normalized spacial score (nSPS) is 17.1. The van der Waals surface area contributed by atoms with E-state index < -0.39 is 35.6 Å². The first-order chi connectivity index (χ1) is 14.3. The van der Waals surface area contributed by atoms with E-state index in [-0.39, 0.29) is 5.12 Å². The Bertz CT molecular complexity index is 850. The zero-order valence-electron chi connectivity index (χ0n) is 17.0. The number of amides is 2. The van der Waals surface area contributed by atoms with Crippen LogP contribution in [0.2, 0.25) is 0 Å². The van der Waals surface area contributed by atoms with Crippen LogP contribution in [0.25, 0.3) is 0 Å². The second kappa shape index (κ2) is 11.3. The number of carboxylic acids is 1. The molecule has 160 valence electrons. The molecule has 1 aliphatic rings. The van der Waals surface area contributed by atoms with Crippen LogP contribution in [0, 0.1) is 0 Å². The standard InChI is InChI=1S/C22H26N2O5S/c1-3-8-17-11-7-12-18(22(29)24(17)14-20(26)27)23-21(28)19(30-15(2)25)13-16-9-5-4-6-10-16/h4-7,9-12,18-19H,3,8,13-14H2,1-2H3,(H,23,28)(H,26,27). The van der Waals surface area contributed by atoms with Gasteiger partial charge in [0.1, 0.15) is 12.6 Å². The average molecular weight is 431 g/mol. The van der Waals surface area contributed by atoms with Gasteiger partial charge in [-0.3, -0.25) is 19.2 Å². The van der Waals surface area contributed by atoms with Crippen LogP contribution < -0.4 is 5.32 Å². The summed E-state index contributed by atoms with van der Waals surface area (Å²) >= 11 is 0.911. The molecular weight excluding hydrogens is 404 g/mol. The highest BCUT2D eigenvalue weighted by Gasteiger charge is 2.31. The Kier molecular flexibility index (Phi) is 8.86. The summed E-state index contributed by atoms with van der Waals surface area (Å²) < 4.78 is 0. The lowest BCUT2D eigenvalue weighted by atomic mass is 10.1. The molecule has 2 amide bonds. The number of carbonyl (C=O) groups excluding carboxylic acids is 3. The average Bonchev–Trinajstić information content (AvgIpc) is 2.82. The number of hydrogen-bond acceptors (Lipinski definition) is 5. The molecule has 0 bridgehead atoms. The van der Waals surface area contributed by atoms with Crippen LogP contribution in [0.3, 0.4) is 0 Å². The number of carbonyl (C=O) groups is 4. The van der Waals surface area contributed by atoms with Crippen molar-refractivity contribution in [2.45, 2.75) is 44.4 Å². The number of hydrogen-bond donors (Lipinski definition) is 2. The van der Waals surface area contributed by atoms with Gasteiger partial charge in [0.15, 0.2) is 5.12 Å². The van der Waals surface area contributed by atoms with Crippen LogP contribution >= 0.6 is 11.8 Å². The summed E-state index contributed by atoms with van der Waals surface area (Å²) in [5.74, 6) is -2.09. The topological polar surface area (TPSA) is 104 Å². The van der Waals surface area contributed by atoms with Gasteiger partial charge in [-0.05, 0) is 24.5 Å². The van der Waals surface area contributed by atoms with Crippen molar-refractivity contribution >= 4 is 34.7 Å². The highest BCUT2D eigenvalue weighted by atomic mass is 32.2. The maximum atomic E-state index is 13.0. The second-order valence-electron chi connectivity index (χ2n) is 6.89. The van der Waals surface area contributed by atoms with Crippen molar-refractivity contribution in [3.05, 3.63) is 59.8 Å². The molecule has 0 radical (unpaired) electrons. The number of nitrogens with zero attached hydrogens (tertiary/aromatic N) is 1. The molecule has 0 aromatic heterocycles. The molecule has 2 rings (SSSR count). The number of nitrogens with one attached hydrogen (secondary N) is 1. The third-order valence-electron chi connectivity index (χ3n) is 4.43. The largest absolute Gasteiger partial charge is 0.480 e. The van der Waals surface area contributed by atoms with Gasteiger partial charge in [0, 0.05) is 12.6 Å². The van der Waals surface area contributed by atoms with E-state index in [0.717, 1.165) is 23.7 Å². The summed E-state index contributed by atoms with van der Waals surface area (Å²) in [6, 6.07) is 8.30. The molecule has 1 heterocycles. The van der Waals surface area contributed by atoms with E-state index in [0.29, 0.717) is 18.5 Å². The molecule has 8 heteroatoms. The van der Waals surface area contributed by atoms with Gasteiger partial charge in [-0.15, -0.1) is 0 Å². The number of benzene rings is 1. The SMILES string of the molecule is CCCC1=CC=CC(NC(=O)C(Cc2ccccc2)SC(C)=O)C(=O)N1CC(=O)O. The van der Waals surface area contributed by atoms with Gasteiger partial charge in [-0.2, -0.15) is 0 Å². The lowest BCUT2D eigenvalue weighted by Crippen LogP contribution is -2.50. The molecule has 0 aliphatic carbocycles. The predicted molar refractivity (Wildman–Crippen MR) is 116 cm³/mol. The van der Waals surface area contributed by atoms with Crippen LogP contribution in [0.5, 0.6) is 0 Å². The molecule has 1 aromatic rings. The Balaban J connectivity index is 2.18. The first-order valence-electron chi connectivity index (χ1n) is 9.73. The highest BCUT2D eigenvalue weighted by Crippen LogP contribution is 2.20. The van der Waals surface area contributed by atoms with Gasteiger partial charge < -0.3 is 15.3 Å². The number of thioether (sulfide) groups is 1. The van der Waals surface area contributed by atoms with Crippen molar-refractivity contribution in [1.82, 2.24) is 10.2 Å². The zero-order chi connectivity index (χ0) is 22.1. The fourth-order valence-electron chi connectivity index (χ4n) is 3.12. The summed E-state index contributed by atoms with van der Waals surface area (Å²) in [5.41, 5.74) is 1.49. The van der Waals surface area contributed by atoms with Crippen LogP contribution in [0.4, 0.5) is 0 Å². The summed E-state index contributed by atoms with van der Waals surface area (Å²) in [6.07, 6.45) is 6.51. The maximum absolute atomic E-state index is 13.0. The Labute approximate surface area is 180 Å². The molecule has 0 saturated carbocycles. The third-order valence-corrected chi connectivity index (χ3v) is 5.43. The van der Waals surface area contributed by atoms with Gasteiger partial charge in [-0.25, -0.2) is 0 Å². The van der Waals surface area contributed by atoms with E-state index >= 15 is 0 Å². The zero-order valence-corrected chi connectivity index (χ0v) is 17.9. The molecule has 1 aromatic carbocycles. The summed E-state index contributed by atoms with van der Waals surface area (Å²) in [4.78, 5) is 50.0. The summed E-state index contributed by atoms with van der Waals surface area (Å²) in [5, 5.41) is 11.0. The Hall–Kier alpha value is -2.87. The lowest BCUT2D eigenvalue weighted by Gasteiger charge is -2.26. The molecule has 7 nitrogen and oxygen atoms in total. The van der Waals surface area contributed by atoms with Gasteiger partial charge >= 0.3 is 5.97 Å². The molecule has 0 spiro atoms. The van der Waals surface area contributed by atoms with Crippen molar-refractivity contribution in [1.29, 1.82) is 0 Å². The van der Waals surface area contributed by atoms with E-state index in [9.17, 15) is 24.3 Å². The Morgan fingerprint density at radius 3 is 2.53 bits per heavy atom. The van der Waals surface area contributed by atoms with Crippen molar-refractivity contribution < 1.29 is 24.3 Å². The predicted octanol–water partition coefficient (Wildman–Crippen LogP) is 2.53. The first kappa shape index (κ1) is 23.4. The van der Waals surface area contributed by atoms with Crippen molar-refractivity contribution in [3.63, 3.8) is 0 Å². The number of carboxylic acid groups (broad SMARTS) is 1. The van der Waals surface area contributed by atoms with E-state index in [1.165, 1.54) is 17.9 Å².